The maximum atomic E-state index is 15.5. The van der Waals surface area contributed by atoms with E-state index in [4.69, 9.17) is 9.47 Å². The lowest BCUT2D eigenvalue weighted by Crippen LogP contribution is -2.30. The van der Waals surface area contributed by atoms with Crippen LogP contribution in [0.15, 0.2) is 71.5 Å². The minimum absolute atomic E-state index is 0.0712. The molecule has 0 bridgehead atoms. The van der Waals surface area contributed by atoms with Crippen LogP contribution in [0.25, 0.3) is 22.3 Å². The normalized spacial score (nSPS) is 13.2. The molecule has 48 heavy (non-hydrogen) atoms. The third-order valence-electron chi connectivity index (χ3n) is 8.45. The first-order valence-corrected chi connectivity index (χ1v) is 19.4. The molecule has 0 aliphatic rings. The Balaban J connectivity index is 1.44. The predicted octanol–water partition coefficient (Wildman–Crippen LogP) is 9.64. The number of H-pyrrole nitrogens is 1. The molecular weight excluding hydrogens is 817 g/mol. The number of ether oxygens (including phenoxy) is 2. The third-order valence-corrected chi connectivity index (χ3v) is 10.7. The Labute approximate surface area is 302 Å². The van der Waals surface area contributed by atoms with Crippen LogP contribution in [0.4, 0.5) is 8.78 Å². The number of carboxylic acid groups (broad SMARTS) is 1. The van der Waals surface area contributed by atoms with Gasteiger partial charge in [-0.1, -0.05) is 28.1 Å². The van der Waals surface area contributed by atoms with E-state index < -0.39 is 28.4 Å². The summed E-state index contributed by atoms with van der Waals surface area (Å²) in [5.74, 6) is -1.31. The molecule has 0 saturated heterocycles. The number of carbonyl (C=O) groups is 1. The van der Waals surface area contributed by atoms with Crippen molar-refractivity contribution in [3.05, 3.63) is 99.9 Å². The molecular formula is C35H36BrF2IN4O4S. The molecule has 0 aliphatic heterocycles. The van der Waals surface area contributed by atoms with Crippen molar-refractivity contribution in [2.45, 2.75) is 45.6 Å². The van der Waals surface area contributed by atoms with Crippen molar-refractivity contribution in [2.24, 2.45) is 5.41 Å². The molecule has 0 fully saturated rings. The maximum absolute atomic E-state index is 15.5. The Morgan fingerprint density at radius 1 is 1.15 bits per heavy atom. The molecule has 3 N–H and O–H groups in total. The molecule has 13 heteroatoms. The summed E-state index contributed by atoms with van der Waals surface area (Å²) in [6.07, 6.45) is 4.85. The summed E-state index contributed by atoms with van der Waals surface area (Å²) in [5, 5.41) is 13.3. The van der Waals surface area contributed by atoms with Gasteiger partial charge in [0.2, 0.25) is 0 Å². The highest BCUT2D eigenvalue weighted by atomic mass is 127. The second-order valence-corrected chi connectivity index (χ2v) is 15.0. The van der Waals surface area contributed by atoms with Crippen LogP contribution < -0.4 is 10.1 Å². The molecule has 5 rings (SSSR count). The number of hydrogen-bond acceptors (Lipinski definition) is 6. The van der Waals surface area contributed by atoms with Gasteiger partial charge < -0.3 is 24.9 Å². The van der Waals surface area contributed by atoms with Crippen LogP contribution in [0, 0.1) is 17.0 Å². The number of nitrogens with one attached hydrogen (secondary N) is 2. The molecule has 0 spiro atoms. The number of rotatable bonds is 15. The molecule has 0 saturated carbocycles. The summed E-state index contributed by atoms with van der Waals surface area (Å²) in [6.45, 7) is 6.17. The largest absolute Gasteiger partial charge is 0.481 e. The lowest BCUT2D eigenvalue weighted by atomic mass is 9.76. The lowest BCUT2D eigenvalue weighted by Gasteiger charge is -2.30. The predicted molar refractivity (Wildman–Crippen MR) is 198 cm³/mol. The van der Waals surface area contributed by atoms with E-state index in [0.29, 0.717) is 37.4 Å². The van der Waals surface area contributed by atoms with Crippen LogP contribution in [0.5, 0.6) is 11.5 Å². The Morgan fingerprint density at radius 2 is 1.94 bits per heavy atom. The molecule has 1 atom stereocenters. The van der Waals surface area contributed by atoms with Gasteiger partial charge in [-0.15, -0.1) is 0 Å². The van der Waals surface area contributed by atoms with Crippen molar-refractivity contribution in [1.82, 2.24) is 19.3 Å². The summed E-state index contributed by atoms with van der Waals surface area (Å²) in [4.78, 5) is 19.4. The summed E-state index contributed by atoms with van der Waals surface area (Å²) in [7, 11) is 3.22. The van der Waals surface area contributed by atoms with E-state index in [-0.39, 0.29) is 23.7 Å². The van der Waals surface area contributed by atoms with Gasteiger partial charge in [0.05, 0.1) is 23.1 Å². The third kappa shape index (κ3) is 7.75. The van der Waals surface area contributed by atoms with Crippen LogP contribution in [0.1, 0.15) is 50.4 Å². The zero-order valence-electron chi connectivity index (χ0n) is 26.9. The molecule has 0 amide bonds. The molecule has 1 unspecified atom stereocenters. The molecule has 0 radical (unpaired) electrons. The van der Waals surface area contributed by atoms with Gasteiger partial charge in [0.25, 0.3) is 0 Å². The molecule has 5 aromatic rings. The molecule has 3 aromatic carbocycles. The van der Waals surface area contributed by atoms with Crippen molar-refractivity contribution in [2.75, 3.05) is 20.3 Å². The van der Waals surface area contributed by atoms with Crippen LogP contribution in [-0.2, 0) is 21.5 Å². The molecule has 2 heterocycles. The minimum Gasteiger partial charge on any atom is -0.481 e. The summed E-state index contributed by atoms with van der Waals surface area (Å²) < 4.78 is 45.6. The van der Waals surface area contributed by atoms with Gasteiger partial charge in [0.15, 0.2) is 11.6 Å². The standard InChI is InChI=1S/C35H36BrF2IN4O4S/c1-34(2,33(44)45)20-46-14-6-12-35(3,21-7-5-8-22(36)15-21)30-19-41-32(42-30)25-16-23(9-10-27(25)37)47-31-26(18-40-4)24-11-13-43(48-39)29(24)17-28(31)38/h5,7-11,13,15-17,19,40H,6,12,14,18,20H2,1-4H3,(H,41,42)(H,44,45). The van der Waals surface area contributed by atoms with Crippen molar-refractivity contribution < 1.29 is 28.2 Å². The average molecular weight is 854 g/mol. The van der Waals surface area contributed by atoms with E-state index >= 15 is 8.78 Å². The fraction of sp³-hybridized carbons (Fsp3) is 0.314. The highest BCUT2D eigenvalue weighted by Gasteiger charge is 2.32. The molecule has 254 valence electrons. The molecule has 8 nitrogen and oxygen atoms in total. The van der Waals surface area contributed by atoms with E-state index in [1.165, 1.54) is 33.4 Å². The smallest absolute Gasteiger partial charge is 0.311 e. The quantitative estimate of drug-likeness (QED) is 0.0713. The number of carboxylic acids is 1. The zero-order chi connectivity index (χ0) is 34.6. The second-order valence-electron chi connectivity index (χ2n) is 12.4. The van der Waals surface area contributed by atoms with Gasteiger partial charge in [-0.3, -0.25) is 8.77 Å². The minimum atomic E-state index is -0.985. The van der Waals surface area contributed by atoms with E-state index in [2.05, 4.69) is 59.3 Å². The van der Waals surface area contributed by atoms with Crippen LogP contribution in [0.3, 0.4) is 0 Å². The number of hydrogen-bond donors (Lipinski definition) is 3. The number of fused-ring (bicyclic) bond motifs is 1. The zero-order valence-corrected chi connectivity index (χ0v) is 31.4. The summed E-state index contributed by atoms with van der Waals surface area (Å²) in [6, 6.07) is 15.6. The highest BCUT2D eigenvalue weighted by Crippen LogP contribution is 2.40. The van der Waals surface area contributed by atoms with Gasteiger partial charge in [0, 0.05) is 88.5 Å². The second kappa shape index (κ2) is 15.3. The summed E-state index contributed by atoms with van der Waals surface area (Å²) >= 11 is 5.72. The van der Waals surface area contributed by atoms with Gasteiger partial charge in [0.1, 0.15) is 17.4 Å². The molecule has 2 aromatic heterocycles. The first kappa shape index (κ1) is 36.3. The number of nitrogens with zero attached hydrogens (tertiary/aromatic N) is 2. The van der Waals surface area contributed by atoms with Crippen molar-refractivity contribution in [3.8, 4) is 22.9 Å². The number of aliphatic carboxylic acids is 1. The van der Waals surface area contributed by atoms with E-state index in [1.807, 2.05) is 40.5 Å². The van der Waals surface area contributed by atoms with Gasteiger partial charge in [-0.05, 0) is 82.6 Å². The van der Waals surface area contributed by atoms with Crippen LogP contribution in [0.2, 0.25) is 0 Å². The maximum Gasteiger partial charge on any atom is 0.311 e. The Kier molecular flexibility index (Phi) is 11.6. The van der Waals surface area contributed by atoms with E-state index in [1.54, 1.807) is 27.1 Å². The molecule has 0 aliphatic carbocycles. The van der Waals surface area contributed by atoms with Crippen molar-refractivity contribution >= 4 is 63.1 Å². The monoisotopic (exact) mass is 852 g/mol. The van der Waals surface area contributed by atoms with E-state index in [9.17, 15) is 9.90 Å². The van der Waals surface area contributed by atoms with Gasteiger partial charge >= 0.3 is 5.97 Å². The fourth-order valence-electron chi connectivity index (χ4n) is 5.59. The average Bonchev–Trinajstić information content (AvgIpc) is 3.71. The Hall–Kier alpha value is -2.98. The fourth-order valence-corrected chi connectivity index (χ4v) is 7.35. The van der Waals surface area contributed by atoms with Gasteiger partial charge in [-0.2, -0.15) is 0 Å². The van der Waals surface area contributed by atoms with Crippen molar-refractivity contribution in [3.63, 3.8) is 0 Å². The van der Waals surface area contributed by atoms with E-state index in [0.717, 1.165) is 26.6 Å². The number of aromatic nitrogens is 3. The van der Waals surface area contributed by atoms with Crippen molar-refractivity contribution in [1.29, 1.82) is 0 Å². The lowest BCUT2D eigenvalue weighted by molar-refractivity contribution is -0.150. The first-order valence-electron chi connectivity index (χ1n) is 15.2. The Morgan fingerprint density at radius 3 is 2.65 bits per heavy atom. The number of halogens is 4. The first-order chi connectivity index (χ1) is 22.9. The Bertz CT molecular complexity index is 1930. The van der Waals surface area contributed by atoms with Gasteiger partial charge in [-0.25, -0.2) is 13.8 Å². The topological polar surface area (TPSA) is 101 Å². The summed E-state index contributed by atoms with van der Waals surface area (Å²) in [5.41, 5.74) is 1.78. The SMILES string of the molecule is CNCc1c(Oc2ccc(F)c(-c3ncc(C(C)(CCCOCC(C)(C)C(=O)O)c4cccc(Br)c4)[nH]3)c2)c(F)cc2c1ccn2SI. The number of aromatic amines is 1. The highest BCUT2D eigenvalue weighted by molar-refractivity contribution is 14.2. The van der Waals surface area contributed by atoms with Crippen LogP contribution >= 0.6 is 46.3 Å². The number of benzene rings is 3. The van der Waals surface area contributed by atoms with Crippen LogP contribution in [-0.4, -0.2) is 45.3 Å². The number of imidazole rings is 1.